The molecule has 2 rings (SSSR count). The van der Waals surface area contributed by atoms with Crippen LogP contribution in [0.25, 0.3) is 0 Å². The molecule has 0 unspecified atom stereocenters. The van der Waals surface area contributed by atoms with E-state index in [1.807, 2.05) is 19.1 Å². The molecule has 0 amide bonds. The first-order valence-corrected chi connectivity index (χ1v) is 6.34. The summed E-state index contributed by atoms with van der Waals surface area (Å²) in [6.07, 6.45) is 3.74. The van der Waals surface area contributed by atoms with Crippen molar-refractivity contribution < 1.29 is 10.2 Å². The van der Waals surface area contributed by atoms with Crippen molar-refractivity contribution in [2.45, 2.75) is 38.8 Å². The maximum Gasteiger partial charge on any atom is 0.0684 e. The zero-order chi connectivity index (χ0) is 12.3. The van der Waals surface area contributed by atoms with Gasteiger partial charge in [0.2, 0.25) is 0 Å². The molecule has 1 aliphatic carbocycles. The average Bonchev–Trinajstić information content (AvgIpc) is 2.26. The molecule has 17 heavy (non-hydrogen) atoms. The Morgan fingerprint density at radius 3 is 2.53 bits per heavy atom. The van der Waals surface area contributed by atoms with Crippen molar-refractivity contribution in [2.24, 2.45) is 0 Å². The van der Waals surface area contributed by atoms with Gasteiger partial charge in [-0.2, -0.15) is 0 Å². The van der Waals surface area contributed by atoms with Crippen LogP contribution in [0.1, 0.15) is 30.4 Å². The molecule has 0 aliphatic heterocycles. The Hall–Kier alpha value is -1.06. The Bertz CT molecular complexity index is 374. The first-order valence-electron chi connectivity index (χ1n) is 6.34. The summed E-state index contributed by atoms with van der Waals surface area (Å²) in [5.41, 5.74) is 3.26. The first-order chi connectivity index (χ1) is 8.26. The van der Waals surface area contributed by atoms with Crippen molar-refractivity contribution >= 4 is 5.69 Å². The zero-order valence-electron chi connectivity index (χ0n) is 10.4. The van der Waals surface area contributed by atoms with E-state index in [4.69, 9.17) is 10.2 Å². The van der Waals surface area contributed by atoms with Crippen molar-refractivity contribution in [3.63, 3.8) is 0 Å². The maximum absolute atomic E-state index is 9.16. The Morgan fingerprint density at radius 2 is 2.06 bits per heavy atom. The zero-order valence-corrected chi connectivity index (χ0v) is 10.4. The Morgan fingerprint density at radius 1 is 1.29 bits per heavy atom. The number of benzene rings is 1. The lowest BCUT2D eigenvalue weighted by atomic mass is 9.90. The third kappa shape index (κ3) is 2.61. The molecule has 1 aromatic rings. The van der Waals surface area contributed by atoms with Crippen molar-refractivity contribution in [3.8, 4) is 0 Å². The summed E-state index contributed by atoms with van der Waals surface area (Å²) in [5.74, 6) is 0. The first kappa shape index (κ1) is 12.4. The Kier molecular flexibility index (Phi) is 4.02. The van der Waals surface area contributed by atoms with Crippen LogP contribution in [0.15, 0.2) is 18.2 Å². The molecule has 94 valence electrons. The van der Waals surface area contributed by atoms with Gasteiger partial charge in [0.15, 0.2) is 0 Å². The standard InChI is InChI=1S/C14H21NO2/c1-11-9-14(6-5-12(11)10-17)15(7-8-16)13-3-2-4-13/h5-6,9,13,16-17H,2-4,7-8,10H2,1H3. The third-order valence-corrected chi connectivity index (χ3v) is 3.68. The summed E-state index contributed by atoms with van der Waals surface area (Å²) in [4.78, 5) is 2.29. The van der Waals surface area contributed by atoms with Gasteiger partial charge in [0.05, 0.1) is 13.2 Å². The van der Waals surface area contributed by atoms with Crippen LogP contribution in [0.5, 0.6) is 0 Å². The van der Waals surface area contributed by atoms with Gasteiger partial charge in [-0.1, -0.05) is 6.07 Å². The van der Waals surface area contributed by atoms with Crippen LogP contribution < -0.4 is 4.90 Å². The van der Waals surface area contributed by atoms with Gasteiger partial charge < -0.3 is 15.1 Å². The van der Waals surface area contributed by atoms with Crippen LogP contribution in [0.2, 0.25) is 0 Å². The molecule has 1 aliphatic rings. The highest BCUT2D eigenvalue weighted by molar-refractivity contribution is 5.52. The number of nitrogens with zero attached hydrogens (tertiary/aromatic N) is 1. The molecule has 1 aromatic carbocycles. The van der Waals surface area contributed by atoms with E-state index in [0.29, 0.717) is 12.6 Å². The normalized spacial score (nSPS) is 15.7. The molecule has 0 radical (unpaired) electrons. The molecule has 0 heterocycles. The van der Waals surface area contributed by atoms with E-state index in [-0.39, 0.29) is 13.2 Å². The molecule has 1 saturated carbocycles. The van der Waals surface area contributed by atoms with E-state index in [0.717, 1.165) is 11.1 Å². The molecule has 2 N–H and O–H groups in total. The quantitative estimate of drug-likeness (QED) is 0.818. The molecular weight excluding hydrogens is 214 g/mol. The minimum absolute atomic E-state index is 0.0928. The summed E-state index contributed by atoms with van der Waals surface area (Å²) in [6.45, 7) is 3.00. The summed E-state index contributed by atoms with van der Waals surface area (Å²) >= 11 is 0. The van der Waals surface area contributed by atoms with Gasteiger partial charge in [0.25, 0.3) is 0 Å². The summed E-state index contributed by atoms with van der Waals surface area (Å²) in [5, 5.41) is 18.3. The lowest BCUT2D eigenvalue weighted by Gasteiger charge is -2.39. The van der Waals surface area contributed by atoms with Crippen LogP contribution in [-0.4, -0.2) is 29.4 Å². The van der Waals surface area contributed by atoms with Gasteiger partial charge in [-0.15, -0.1) is 0 Å². The Labute approximate surface area is 103 Å². The minimum Gasteiger partial charge on any atom is -0.395 e. The molecule has 0 saturated heterocycles. The van der Waals surface area contributed by atoms with E-state index in [1.54, 1.807) is 0 Å². The van der Waals surface area contributed by atoms with Crippen LogP contribution >= 0.6 is 0 Å². The van der Waals surface area contributed by atoms with Crippen LogP contribution in [0.4, 0.5) is 5.69 Å². The topological polar surface area (TPSA) is 43.7 Å². The van der Waals surface area contributed by atoms with Gasteiger partial charge in [0, 0.05) is 18.3 Å². The third-order valence-electron chi connectivity index (χ3n) is 3.68. The predicted molar refractivity (Wildman–Crippen MR) is 69.2 cm³/mol. The predicted octanol–water partition coefficient (Wildman–Crippen LogP) is 1.84. The lowest BCUT2D eigenvalue weighted by Crippen LogP contribution is -2.42. The SMILES string of the molecule is Cc1cc(N(CCO)C2CCC2)ccc1CO. The Balaban J connectivity index is 2.19. The fourth-order valence-corrected chi connectivity index (χ4v) is 2.36. The lowest BCUT2D eigenvalue weighted by molar-refractivity contribution is 0.280. The van der Waals surface area contributed by atoms with E-state index >= 15 is 0 Å². The number of hydrogen-bond acceptors (Lipinski definition) is 3. The summed E-state index contributed by atoms with van der Waals surface area (Å²) in [7, 11) is 0. The van der Waals surface area contributed by atoms with Crippen molar-refractivity contribution in [1.29, 1.82) is 0 Å². The van der Waals surface area contributed by atoms with Crippen LogP contribution in [0, 0.1) is 6.92 Å². The molecule has 0 spiro atoms. The highest BCUT2D eigenvalue weighted by Crippen LogP contribution is 2.30. The number of anilines is 1. The van der Waals surface area contributed by atoms with E-state index in [1.165, 1.54) is 24.9 Å². The van der Waals surface area contributed by atoms with Crippen molar-refractivity contribution in [3.05, 3.63) is 29.3 Å². The fourth-order valence-electron chi connectivity index (χ4n) is 2.36. The second-order valence-electron chi connectivity index (χ2n) is 4.77. The van der Waals surface area contributed by atoms with Crippen molar-refractivity contribution in [1.82, 2.24) is 0 Å². The van der Waals surface area contributed by atoms with Crippen LogP contribution in [-0.2, 0) is 6.61 Å². The molecule has 3 heteroatoms. The molecule has 0 atom stereocenters. The number of aliphatic hydroxyl groups is 2. The summed E-state index contributed by atoms with van der Waals surface area (Å²) in [6, 6.07) is 6.72. The van der Waals surface area contributed by atoms with E-state index in [2.05, 4.69) is 11.0 Å². The number of aliphatic hydroxyl groups excluding tert-OH is 2. The van der Waals surface area contributed by atoms with Crippen molar-refractivity contribution in [2.75, 3.05) is 18.1 Å². The van der Waals surface area contributed by atoms with Crippen LogP contribution in [0.3, 0.4) is 0 Å². The van der Waals surface area contributed by atoms with E-state index < -0.39 is 0 Å². The smallest absolute Gasteiger partial charge is 0.0684 e. The molecule has 1 fully saturated rings. The highest BCUT2D eigenvalue weighted by atomic mass is 16.3. The average molecular weight is 235 g/mol. The van der Waals surface area contributed by atoms with Gasteiger partial charge >= 0.3 is 0 Å². The number of hydrogen-bond donors (Lipinski definition) is 2. The fraction of sp³-hybridized carbons (Fsp3) is 0.571. The van der Waals surface area contributed by atoms with Gasteiger partial charge in [0.1, 0.15) is 0 Å². The largest absolute Gasteiger partial charge is 0.395 e. The van der Waals surface area contributed by atoms with Gasteiger partial charge in [-0.3, -0.25) is 0 Å². The second kappa shape index (κ2) is 5.52. The maximum atomic E-state index is 9.16. The molecule has 0 aromatic heterocycles. The summed E-state index contributed by atoms with van der Waals surface area (Å²) < 4.78 is 0. The molecular formula is C14H21NO2. The molecule has 3 nitrogen and oxygen atoms in total. The highest BCUT2D eigenvalue weighted by Gasteiger charge is 2.24. The van der Waals surface area contributed by atoms with E-state index in [9.17, 15) is 0 Å². The second-order valence-corrected chi connectivity index (χ2v) is 4.77. The number of rotatable bonds is 5. The monoisotopic (exact) mass is 235 g/mol. The number of aryl methyl sites for hydroxylation is 1. The minimum atomic E-state index is 0.0928. The van der Waals surface area contributed by atoms with Gasteiger partial charge in [-0.05, 0) is 49.4 Å². The molecule has 0 bridgehead atoms. The van der Waals surface area contributed by atoms with Gasteiger partial charge in [-0.25, -0.2) is 0 Å².